The van der Waals surface area contributed by atoms with Gasteiger partial charge in [-0.3, -0.25) is 14.5 Å². The molecule has 0 N–H and O–H groups in total. The number of nitrogens with zero attached hydrogens (tertiary/aromatic N) is 1. The lowest BCUT2D eigenvalue weighted by Crippen LogP contribution is -2.29. The summed E-state index contributed by atoms with van der Waals surface area (Å²) in [6.07, 6.45) is 1.62. The van der Waals surface area contributed by atoms with E-state index in [-0.39, 0.29) is 18.4 Å². The first kappa shape index (κ1) is 11.9. The summed E-state index contributed by atoms with van der Waals surface area (Å²) in [7, 11) is 0. The molecule has 0 spiro atoms. The molecule has 2 aromatic carbocycles. The molecule has 3 aromatic rings. The van der Waals surface area contributed by atoms with Crippen LogP contribution in [-0.2, 0) is 6.54 Å². The molecule has 0 saturated heterocycles. The number of fused-ring (bicyclic) bond motifs is 2. The molecular weight excluding hydrogens is 266 g/mol. The zero-order valence-electron chi connectivity index (χ0n) is 11.1. The fourth-order valence-electron chi connectivity index (χ4n) is 2.68. The van der Waals surface area contributed by atoms with E-state index in [1.165, 1.54) is 4.90 Å². The van der Waals surface area contributed by atoms with E-state index in [0.29, 0.717) is 11.1 Å². The van der Waals surface area contributed by atoms with Crippen LogP contribution in [0.2, 0.25) is 0 Å². The van der Waals surface area contributed by atoms with Crippen LogP contribution in [0, 0.1) is 0 Å². The van der Waals surface area contributed by atoms with Crippen molar-refractivity contribution in [1.29, 1.82) is 0 Å². The van der Waals surface area contributed by atoms with E-state index in [9.17, 15) is 9.59 Å². The molecule has 4 rings (SSSR count). The Hall–Kier alpha value is -2.88. The molecule has 102 valence electrons. The normalized spacial score (nSPS) is 14.0. The van der Waals surface area contributed by atoms with Gasteiger partial charge in [0.1, 0.15) is 5.58 Å². The smallest absolute Gasteiger partial charge is 0.261 e. The molecular formula is C17H11NO3. The summed E-state index contributed by atoms with van der Waals surface area (Å²) in [5.41, 5.74) is 2.65. The van der Waals surface area contributed by atoms with Crippen molar-refractivity contribution in [2.75, 3.05) is 0 Å². The predicted molar refractivity (Wildman–Crippen MR) is 76.9 cm³/mol. The van der Waals surface area contributed by atoms with Gasteiger partial charge in [0, 0.05) is 5.39 Å². The molecule has 0 bridgehead atoms. The lowest BCUT2D eigenvalue weighted by molar-refractivity contribution is 0.0642. The van der Waals surface area contributed by atoms with Crippen molar-refractivity contribution in [3.05, 3.63) is 71.5 Å². The van der Waals surface area contributed by atoms with Gasteiger partial charge in [0.2, 0.25) is 0 Å². The summed E-state index contributed by atoms with van der Waals surface area (Å²) >= 11 is 0. The van der Waals surface area contributed by atoms with E-state index in [0.717, 1.165) is 16.5 Å². The average Bonchev–Trinajstić information content (AvgIpc) is 3.06. The zero-order chi connectivity index (χ0) is 14.4. The van der Waals surface area contributed by atoms with Crippen molar-refractivity contribution >= 4 is 22.8 Å². The number of furan rings is 1. The summed E-state index contributed by atoms with van der Waals surface area (Å²) in [6.45, 7) is 0.271. The van der Waals surface area contributed by atoms with Crippen molar-refractivity contribution in [2.45, 2.75) is 6.54 Å². The second-order valence-electron chi connectivity index (χ2n) is 5.03. The Kier molecular flexibility index (Phi) is 2.44. The number of carbonyl (C=O) groups is 2. The molecule has 1 aromatic heterocycles. The van der Waals surface area contributed by atoms with Crippen molar-refractivity contribution < 1.29 is 14.0 Å². The van der Waals surface area contributed by atoms with E-state index < -0.39 is 0 Å². The van der Waals surface area contributed by atoms with Crippen LogP contribution in [0.1, 0.15) is 26.3 Å². The summed E-state index contributed by atoms with van der Waals surface area (Å²) in [4.78, 5) is 25.9. The summed E-state index contributed by atoms with van der Waals surface area (Å²) in [6, 6.07) is 14.4. The first-order chi connectivity index (χ1) is 10.2. The number of benzene rings is 2. The van der Waals surface area contributed by atoms with Crippen molar-refractivity contribution in [2.24, 2.45) is 0 Å². The van der Waals surface area contributed by atoms with Crippen molar-refractivity contribution in [1.82, 2.24) is 4.90 Å². The predicted octanol–water partition coefficient (Wildman–Crippen LogP) is 3.23. The lowest BCUT2D eigenvalue weighted by Gasteiger charge is -2.13. The van der Waals surface area contributed by atoms with Crippen LogP contribution in [0.25, 0.3) is 11.0 Å². The van der Waals surface area contributed by atoms with Crippen LogP contribution in [0.4, 0.5) is 0 Å². The molecule has 4 heteroatoms. The Labute approximate surface area is 120 Å². The molecule has 0 fully saturated rings. The van der Waals surface area contributed by atoms with Gasteiger partial charge in [0.05, 0.1) is 23.9 Å². The molecule has 1 aliphatic heterocycles. The Morgan fingerprint density at radius 2 is 1.62 bits per heavy atom. The fraction of sp³-hybridized carbons (Fsp3) is 0.0588. The summed E-state index contributed by atoms with van der Waals surface area (Å²) < 4.78 is 5.29. The Balaban J connectivity index is 1.69. The van der Waals surface area contributed by atoms with Crippen molar-refractivity contribution in [3.8, 4) is 0 Å². The van der Waals surface area contributed by atoms with Crippen LogP contribution < -0.4 is 0 Å². The Bertz CT molecular complexity index is 843. The minimum Gasteiger partial charge on any atom is -0.464 e. The standard InChI is InChI=1S/C17H11NO3/c19-16-13-3-1-2-4-14(13)17(20)18(16)10-11-5-6-15-12(9-11)7-8-21-15/h1-9H,10H2. The lowest BCUT2D eigenvalue weighted by atomic mass is 10.1. The molecule has 0 aliphatic carbocycles. The summed E-state index contributed by atoms with van der Waals surface area (Å²) in [5.74, 6) is -0.467. The minimum atomic E-state index is -0.233. The highest BCUT2D eigenvalue weighted by molar-refractivity contribution is 6.21. The molecule has 21 heavy (non-hydrogen) atoms. The topological polar surface area (TPSA) is 50.5 Å². The number of rotatable bonds is 2. The number of amides is 2. The Morgan fingerprint density at radius 1 is 0.905 bits per heavy atom. The van der Waals surface area contributed by atoms with Gasteiger partial charge in [0.25, 0.3) is 11.8 Å². The van der Waals surface area contributed by atoms with Gasteiger partial charge < -0.3 is 4.42 Å². The SMILES string of the molecule is O=C1c2ccccc2C(=O)N1Cc1ccc2occc2c1. The van der Waals surface area contributed by atoms with Crippen LogP contribution in [-0.4, -0.2) is 16.7 Å². The molecule has 2 amide bonds. The molecule has 0 radical (unpaired) electrons. The van der Waals surface area contributed by atoms with Gasteiger partial charge in [-0.25, -0.2) is 0 Å². The number of carbonyl (C=O) groups excluding carboxylic acids is 2. The molecule has 2 heterocycles. The summed E-state index contributed by atoms with van der Waals surface area (Å²) in [5, 5.41) is 0.962. The van der Waals surface area contributed by atoms with Gasteiger partial charge in [-0.05, 0) is 35.9 Å². The highest BCUT2D eigenvalue weighted by Gasteiger charge is 2.34. The number of imide groups is 1. The quantitative estimate of drug-likeness (QED) is 0.676. The Morgan fingerprint density at radius 3 is 2.33 bits per heavy atom. The van der Waals surface area contributed by atoms with Gasteiger partial charge in [-0.15, -0.1) is 0 Å². The van der Waals surface area contributed by atoms with E-state index in [1.54, 1.807) is 30.5 Å². The zero-order valence-corrected chi connectivity index (χ0v) is 11.1. The van der Waals surface area contributed by atoms with Gasteiger partial charge in [-0.1, -0.05) is 18.2 Å². The largest absolute Gasteiger partial charge is 0.464 e. The van der Waals surface area contributed by atoms with Gasteiger partial charge in [0.15, 0.2) is 0 Å². The fourth-order valence-corrected chi connectivity index (χ4v) is 2.68. The van der Waals surface area contributed by atoms with Crippen LogP contribution >= 0.6 is 0 Å². The van der Waals surface area contributed by atoms with Gasteiger partial charge in [-0.2, -0.15) is 0 Å². The maximum Gasteiger partial charge on any atom is 0.261 e. The first-order valence-electron chi connectivity index (χ1n) is 6.65. The second kappa shape index (κ2) is 4.31. The highest BCUT2D eigenvalue weighted by Crippen LogP contribution is 2.25. The molecule has 0 unspecified atom stereocenters. The molecule has 1 aliphatic rings. The second-order valence-corrected chi connectivity index (χ2v) is 5.03. The average molecular weight is 277 g/mol. The van der Waals surface area contributed by atoms with E-state index in [2.05, 4.69) is 0 Å². The number of hydrogen-bond acceptors (Lipinski definition) is 3. The third-order valence-electron chi connectivity index (χ3n) is 3.74. The van der Waals surface area contributed by atoms with E-state index in [1.807, 2.05) is 24.3 Å². The van der Waals surface area contributed by atoms with Crippen molar-refractivity contribution in [3.63, 3.8) is 0 Å². The number of hydrogen-bond donors (Lipinski definition) is 0. The van der Waals surface area contributed by atoms with Crippen LogP contribution in [0.3, 0.4) is 0 Å². The maximum absolute atomic E-state index is 12.3. The molecule has 0 atom stereocenters. The van der Waals surface area contributed by atoms with Crippen LogP contribution in [0.5, 0.6) is 0 Å². The highest BCUT2D eigenvalue weighted by atomic mass is 16.3. The third-order valence-corrected chi connectivity index (χ3v) is 3.74. The monoisotopic (exact) mass is 277 g/mol. The molecule has 4 nitrogen and oxygen atoms in total. The molecule has 0 saturated carbocycles. The van der Waals surface area contributed by atoms with Gasteiger partial charge >= 0.3 is 0 Å². The third kappa shape index (κ3) is 1.76. The maximum atomic E-state index is 12.3. The first-order valence-corrected chi connectivity index (χ1v) is 6.65. The van der Waals surface area contributed by atoms with Crippen LogP contribution in [0.15, 0.2) is 59.2 Å². The van der Waals surface area contributed by atoms with E-state index in [4.69, 9.17) is 4.42 Å². The van der Waals surface area contributed by atoms with E-state index >= 15 is 0 Å². The minimum absolute atomic E-state index is 0.233.